The molecule has 0 radical (unpaired) electrons. The summed E-state index contributed by atoms with van der Waals surface area (Å²) in [5.74, 6) is 0.946. The quantitative estimate of drug-likeness (QED) is 0.874. The molecule has 1 fully saturated rings. The highest BCUT2D eigenvalue weighted by Crippen LogP contribution is 2.27. The number of carbonyl (C=O) groups is 1. The van der Waals surface area contributed by atoms with Crippen molar-refractivity contribution in [3.63, 3.8) is 0 Å². The summed E-state index contributed by atoms with van der Waals surface area (Å²) in [6.07, 6.45) is 2.36. The largest absolute Gasteiger partial charge is 0.378 e. The van der Waals surface area contributed by atoms with Crippen LogP contribution in [-0.2, 0) is 17.7 Å². The molecule has 9 heteroatoms. The first-order chi connectivity index (χ1) is 12.3. The lowest BCUT2D eigenvalue weighted by Gasteiger charge is -2.33. The molecule has 8 nitrogen and oxygen atoms in total. The van der Waals surface area contributed by atoms with Crippen molar-refractivity contribution in [3.05, 3.63) is 28.7 Å². The number of carbonyl (C=O) groups excluding carboxylic acids is 1. The Labute approximate surface area is 149 Å². The Bertz CT molecular complexity index is 774. The van der Waals surface area contributed by atoms with Gasteiger partial charge in [0.25, 0.3) is 5.91 Å². The van der Waals surface area contributed by atoms with Crippen molar-refractivity contribution >= 4 is 28.2 Å². The van der Waals surface area contributed by atoms with Crippen molar-refractivity contribution < 1.29 is 9.53 Å². The zero-order valence-corrected chi connectivity index (χ0v) is 14.9. The predicted octanol–water partition coefficient (Wildman–Crippen LogP) is 1.01. The molecule has 2 aliphatic rings. The fraction of sp³-hybridized carbons (Fsp3) is 0.500. The van der Waals surface area contributed by atoms with E-state index in [2.05, 4.69) is 25.2 Å². The molecular weight excluding hydrogens is 340 g/mol. The van der Waals surface area contributed by atoms with Gasteiger partial charge in [-0.25, -0.2) is 15.0 Å². The highest BCUT2D eigenvalue weighted by atomic mass is 32.1. The highest BCUT2D eigenvalue weighted by Gasteiger charge is 2.28. The van der Waals surface area contributed by atoms with Crippen LogP contribution in [0.15, 0.2) is 11.7 Å². The van der Waals surface area contributed by atoms with E-state index in [0.29, 0.717) is 18.8 Å². The molecule has 4 heterocycles. The van der Waals surface area contributed by atoms with Crippen LogP contribution < -0.4 is 10.2 Å². The highest BCUT2D eigenvalue weighted by molar-refractivity contribution is 7.13. The van der Waals surface area contributed by atoms with Gasteiger partial charge in [0.15, 0.2) is 5.13 Å². The standard InChI is InChI=1S/C16H20N6O2S/c1-17-16-20-13(9-25-16)15(23)22-3-2-11-12(8-22)18-10-19-14(11)21-4-6-24-7-5-21/h9-10H,2-8H2,1H3,(H,17,20). The molecule has 0 aliphatic carbocycles. The van der Waals surface area contributed by atoms with Crippen molar-refractivity contribution in [1.29, 1.82) is 0 Å². The van der Waals surface area contributed by atoms with Crippen LogP contribution in [0.1, 0.15) is 21.7 Å². The van der Waals surface area contributed by atoms with Crippen molar-refractivity contribution in [2.45, 2.75) is 13.0 Å². The van der Waals surface area contributed by atoms with E-state index in [-0.39, 0.29) is 5.91 Å². The summed E-state index contributed by atoms with van der Waals surface area (Å²) < 4.78 is 5.42. The van der Waals surface area contributed by atoms with E-state index >= 15 is 0 Å². The van der Waals surface area contributed by atoms with Crippen LogP contribution in [0.2, 0.25) is 0 Å². The third kappa shape index (κ3) is 3.16. The molecule has 1 amide bonds. The van der Waals surface area contributed by atoms with Gasteiger partial charge in [0.1, 0.15) is 17.8 Å². The molecule has 0 spiro atoms. The maximum atomic E-state index is 12.7. The second kappa shape index (κ2) is 6.93. The van der Waals surface area contributed by atoms with E-state index in [4.69, 9.17) is 4.74 Å². The Morgan fingerprint density at radius 2 is 2.12 bits per heavy atom. The van der Waals surface area contributed by atoms with Crippen LogP contribution in [0.25, 0.3) is 0 Å². The third-order valence-electron chi connectivity index (χ3n) is 4.52. The number of morpholine rings is 1. The Hall–Kier alpha value is -2.26. The zero-order chi connectivity index (χ0) is 17.2. The molecule has 1 saturated heterocycles. The number of nitrogens with zero attached hydrogens (tertiary/aromatic N) is 5. The summed E-state index contributed by atoms with van der Waals surface area (Å²) in [6, 6.07) is 0. The average molecular weight is 360 g/mol. The minimum Gasteiger partial charge on any atom is -0.378 e. The van der Waals surface area contributed by atoms with Gasteiger partial charge in [-0.05, 0) is 6.42 Å². The number of nitrogens with one attached hydrogen (secondary N) is 1. The summed E-state index contributed by atoms with van der Waals surface area (Å²) in [5, 5.41) is 5.51. The van der Waals surface area contributed by atoms with Crippen LogP contribution in [0.4, 0.5) is 10.9 Å². The summed E-state index contributed by atoms with van der Waals surface area (Å²) in [6.45, 7) is 4.29. The van der Waals surface area contributed by atoms with Gasteiger partial charge in [0.05, 0.1) is 25.5 Å². The fourth-order valence-electron chi connectivity index (χ4n) is 3.21. The average Bonchev–Trinajstić information content (AvgIpc) is 3.16. The maximum absolute atomic E-state index is 12.7. The molecule has 1 N–H and O–H groups in total. The zero-order valence-electron chi connectivity index (χ0n) is 14.1. The molecule has 132 valence electrons. The lowest BCUT2D eigenvalue weighted by Crippen LogP contribution is -2.40. The molecule has 0 aromatic carbocycles. The second-order valence-corrected chi connectivity index (χ2v) is 6.84. The lowest BCUT2D eigenvalue weighted by atomic mass is 10.0. The number of anilines is 2. The van der Waals surface area contributed by atoms with E-state index in [1.54, 1.807) is 18.8 Å². The number of hydrogen-bond acceptors (Lipinski definition) is 8. The first-order valence-corrected chi connectivity index (χ1v) is 9.22. The van der Waals surface area contributed by atoms with Crippen LogP contribution >= 0.6 is 11.3 Å². The monoisotopic (exact) mass is 360 g/mol. The van der Waals surface area contributed by atoms with Gasteiger partial charge in [0, 0.05) is 37.6 Å². The summed E-state index contributed by atoms with van der Waals surface area (Å²) in [4.78, 5) is 30.0. The van der Waals surface area contributed by atoms with Gasteiger partial charge in [-0.3, -0.25) is 4.79 Å². The fourth-order valence-corrected chi connectivity index (χ4v) is 3.85. The first-order valence-electron chi connectivity index (χ1n) is 8.34. The van der Waals surface area contributed by atoms with E-state index in [0.717, 1.165) is 54.9 Å². The van der Waals surface area contributed by atoms with Gasteiger partial charge in [-0.15, -0.1) is 11.3 Å². The summed E-state index contributed by atoms with van der Waals surface area (Å²) in [5.41, 5.74) is 2.57. The smallest absolute Gasteiger partial charge is 0.273 e. The van der Waals surface area contributed by atoms with Crippen molar-refractivity contribution in [2.75, 3.05) is 50.1 Å². The van der Waals surface area contributed by atoms with E-state index < -0.39 is 0 Å². The van der Waals surface area contributed by atoms with E-state index in [1.807, 2.05) is 4.90 Å². The van der Waals surface area contributed by atoms with E-state index in [1.165, 1.54) is 11.3 Å². The maximum Gasteiger partial charge on any atom is 0.273 e. The van der Waals surface area contributed by atoms with Crippen molar-refractivity contribution in [3.8, 4) is 0 Å². The minimum atomic E-state index is -0.0464. The summed E-state index contributed by atoms with van der Waals surface area (Å²) >= 11 is 1.43. The molecule has 2 aromatic heterocycles. The molecule has 0 atom stereocenters. The lowest BCUT2D eigenvalue weighted by molar-refractivity contribution is 0.0726. The van der Waals surface area contributed by atoms with Gasteiger partial charge in [0.2, 0.25) is 0 Å². The number of amides is 1. The molecular formula is C16H20N6O2S. The normalized spacial score (nSPS) is 17.3. The molecule has 2 aliphatic heterocycles. The van der Waals surface area contributed by atoms with Crippen molar-refractivity contribution in [2.24, 2.45) is 0 Å². The Morgan fingerprint density at radius 3 is 2.88 bits per heavy atom. The Balaban J connectivity index is 1.54. The molecule has 25 heavy (non-hydrogen) atoms. The number of fused-ring (bicyclic) bond motifs is 1. The van der Waals surface area contributed by atoms with Crippen LogP contribution in [0.3, 0.4) is 0 Å². The topological polar surface area (TPSA) is 83.5 Å². The summed E-state index contributed by atoms with van der Waals surface area (Å²) in [7, 11) is 1.80. The van der Waals surface area contributed by atoms with Gasteiger partial charge >= 0.3 is 0 Å². The van der Waals surface area contributed by atoms with Gasteiger partial charge in [-0.2, -0.15) is 0 Å². The van der Waals surface area contributed by atoms with E-state index in [9.17, 15) is 4.79 Å². The van der Waals surface area contributed by atoms with Gasteiger partial charge in [-0.1, -0.05) is 0 Å². The van der Waals surface area contributed by atoms with Crippen molar-refractivity contribution in [1.82, 2.24) is 19.9 Å². The SMILES string of the molecule is CNc1nc(C(=O)N2CCc3c(ncnc3N3CCOCC3)C2)cs1. The number of hydrogen-bond donors (Lipinski definition) is 1. The molecule has 0 bridgehead atoms. The predicted molar refractivity (Wildman–Crippen MR) is 95.2 cm³/mol. The molecule has 2 aromatic rings. The van der Waals surface area contributed by atoms with Gasteiger partial charge < -0.3 is 19.9 Å². The molecule has 4 rings (SSSR count). The Kier molecular flexibility index (Phi) is 4.50. The second-order valence-electron chi connectivity index (χ2n) is 5.99. The van der Waals surface area contributed by atoms with Crippen LogP contribution in [0.5, 0.6) is 0 Å². The number of rotatable bonds is 3. The van der Waals surface area contributed by atoms with Crippen LogP contribution in [-0.4, -0.2) is 65.7 Å². The van der Waals surface area contributed by atoms with Crippen LogP contribution in [0, 0.1) is 0 Å². The number of thiazole rings is 1. The Morgan fingerprint density at radius 1 is 1.28 bits per heavy atom. The minimum absolute atomic E-state index is 0.0464. The number of ether oxygens (including phenoxy) is 1. The molecule has 0 saturated carbocycles. The number of aromatic nitrogens is 3. The first kappa shape index (κ1) is 16.2. The molecule has 0 unspecified atom stereocenters. The third-order valence-corrected chi connectivity index (χ3v) is 5.38.